The fourth-order valence-corrected chi connectivity index (χ4v) is 5.28. The first-order valence-electron chi connectivity index (χ1n) is 12.5. The average molecular weight is 542 g/mol. The zero-order valence-electron chi connectivity index (χ0n) is 21.3. The third-order valence-corrected chi connectivity index (χ3v) is 7.79. The Bertz CT molecular complexity index is 1550. The molecule has 0 spiro atoms. The van der Waals surface area contributed by atoms with Crippen molar-refractivity contribution in [2.24, 2.45) is 0 Å². The van der Waals surface area contributed by atoms with Crippen LogP contribution in [0.15, 0.2) is 90.1 Å². The van der Waals surface area contributed by atoms with Crippen LogP contribution >= 0.6 is 23.5 Å². The van der Waals surface area contributed by atoms with Gasteiger partial charge in [-0.3, -0.25) is 14.5 Å². The number of nitrogens with one attached hydrogen (secondary N) is 2. The molecule has 0 fully saturated rings. The molecule has 0 atom stereocenters. The maximum absolute atomic E-state index is 13.4. The highest BCUT2D eigenvalue weighted by molar-refractivity contribution is 7.98. The van der Waals surface area contributed by atoms with E-state index in [1.165, 1.54) is 11.9 Å². The minimum absolute atomic E-state index is 0.160. The van der Waals surface area contributed by atoms with Crippen LogP contribution in [-0.2, 0) is 6.42 Å². The molecule has 0 saturated carbocycles. The monoisotopic (exact) mass is 541 g/mol. The summed E-state index contributed by atoms with van der Waals surface area (Å²) >= 11 is 7.61. The van der Waals surface area contributed by atoms with Crippen molar-refractivity contribution < 1.29 is 9.53 Å². The number of rotatable bonds is 9. The molecular formula is C31H28ClN3O2S. The van der Waals surface area contributed by atoms with Crippen LogP contribution in [0.4, 0.5) is 0 Å². The molecule has 1 amide bonds. The standard InChI is InChI=1S/C31H28ClN3O2S/c1-20-17-23(18-21(2)28(20)32)37-16-8-14-27-26-13-6-12-25(22-9-7-15-33-19-22)29(26)34-30(27)31(36)35-38-24-10-4-3-5-11-24/h3-7,9-13,15,17-19,34H,8,14,16H2,1-2H3,(H,35,36). The smallest absolute Gasteiger partial charge is 0.278 e. The number of aromatic amines is 1. The number of benzene rings is 3. The summed E-state index contributed by atoms with van der Waals surface area (Å²) in [5.74, 6) is 0.645. The van der Waals surface area contributed by atoms with Crippen LogP contribution in [0.5, 0.6) is 5.75 Å². The molecule has 5 aromatic rings. The van der Waals surface area contributed by atoms with Gasteiger partial charge in [-0.05, 0) is 85.7 Å². The van der Waals surface area contributed by atoms with Gasteiger partial charge in [0.15, 0.2) is 0 Å². The highest BCUT2D eigenvalue weighted by Crippen LogP contribution is 2.33. The second-order valence-corrected chi connectivity index (χ2v) is 10.4. The van der Waals surface area contributed by atoms with Gasteiger partial charge in [0.05, 0.1) is 12.1 Å². The van der Waals surface area contributed by atoms with Gasteiger partial charge in [0.2, 0.25) is 0 Å². The molecule has 192 valence electrons. The van der Waals surface area contributed by atoms with E-state index < -0.39 is 0 Å². The Labute approximate surface area is 231 Å². The van der Waals surface area contributed by atoms with E-state index in [2.05, 4.69) is 20.8 Å². The van der Waals surface area contributed by atoms with E-state index >= 15 is 0 Å². The minimum atomic E-state index is -0.160. The normalized spacial score (nSPS) is 11.0. The topological polar surface area (TPSA) is 67.0 Å². The molecule has 0 bridgehead atoms. The quantitative estimate of drug-likeness (QED) is 0.147. The number of aromatic nitrogens is 2. The van der Waals surface area contributed by atoms with Gasteiger partial charge in [-0.2, -0.15) is 0 Å². The number of fused-ring (bicyclic) bond motifs is 1. The Hall–Kier alpha value is -3.74. The fraction of sp³-hybridized carbons (Fsp3) is 0.161. The van der Waals surface area contributed by atoms with E-state index in [4.69, 9.17) is 16.3 Å². The van der Waals surface area contributed by atoms with Gasteiger partial charge in [-0.1, -0.05) is 54.1 Å². The number of H-pyrrole nitrogens is 1. The van der Waals surface area contributed by atoms with E-state index in [-0.39, 0.29) is 5.91 Å². The first-order chi connectivity index (χ1) is 18.5. The molecular weight excluding hydrogens is 514 g/mol. The first-order valence-corrected chi connectivity index (χ1v) is 13.7. The number of pyridine rings is 1. The Balaban J connectivity index is 1.41. The number of hydrogen-bond acceptors (Lipinski definition) is 4. The lowest BCUT2D eigenvalue weighted by molar-refractivity contribution is 0.0979. The summed E-state index contributed by atoms with van der Waals surface area (Å²) in [6, 6.07) is 23.8. The molecule has 2 aromatic heterocycles. The predicted octanol–water partition coefficient (Wildman–Crippen LogP) is 7.95. The predicted molar refractivity (Wildman–Crippen MR) is 156 cm³/mol. The lowest BCUT2D eigenvalue weighted by Gasteiger charge is -2.10. The second kappa shape index (κ2) is 11.8. The summed E-state index contributed by atoms with van der Waals surface area (Å²) in [6.45, 7) is 4.48. The van der Waals surface area contributed by atoms with Gasteiger partial charge < -0.3 is 9.72 Å². The van der Waals surface area contributed by atoms with Crippen LogP contribution in [0.3, 0.4) is 0 Å². The van der Waals surface area contributed by atoms with Gasteiger partial charge in [0.25, 0.3) is 5.91 Å². The number of nitrogens with zero attached hydrogens (tertiary/aromatic N) is 1. The van der Waals surface area contributed by atoms with Gasteiger partial charge >= 0.3 is 0 Å². The van der Waals surface area contributed by atoms with Crippen molar-refractivity contribution in [1.82, 2.24) is 14.7 Å². The molecule has 7 heteroatoms. The second-order valence-electron chi connectivity index (χ2n) is 9.12. The summed E-state index contributed by atoms with van der Waals surface area (Å²) in [7, 11) is 0. The number of halogens is 1. The van der Waals surface area contributed by atoms with Crippen LogP contribution in [0.1, 0.15) is 33.6 Å². The van der Waals surface area contributed by atoms with Crippen molar-refractivity contribution in [2.45, 2.75) is 31.6 Å². The Morgan fingerprint density at radius 2 is 1.82 bits per heavy atom. The largest absolute Gasteiger partial charge is 0.494 e. The molecule has 0 saturated heterocycles. The van der Waals surface area contributed by atoms with Crippen molar-refractivity contribution in [3.8, 4) is 16.9 Å². The van der Waals surface area contributed by atoms with Crippen molar-refractivity contribution in [2.75, 3.05) is 6.61 Å². The van der Waals surface area contributed by atoms with Crippen molar-refractivity contribution in [3.63, 3.8) is 0 Å². The third kappa shape index (κ3) is 5.72. The molecule has 2 N–H and O–H groups in total. The summed E-state index contributed by atoms with van der Waals surface area (Å²) < 4.78 is 9.05. The first kappa shape index (κ1) is 25.9. The number of amides is 1. The van der Waals surface area contributed by atoms with Crippen LogP contribution in [0, 0.1) is 13.8 Å². The SMILES string of the molecule is Cc1cc(OCCCc2c(C(=O)NSc3ccccc3)[nH]c3c(-c4cccnc4)cccc23)cc(C)c1Cl. The van der Waals surface area contributed by atoms with E-state index in [0.29, 0.717) is 18.7 Å². The Morgan fingerprint density at radius 1 is 1.03 bits per heavy atom. The number of carbonyl (C=O) groups excluding carboxylic acids is 1. The van der Waals surface area contributed by atoms with Crippen LogP contribution < -0.4 is 9.46 Å². The molecule has 0 aliphatic heterocycles. The number of hydrogen-bond donors (Lipinski definition) is 2. The van der Waals surface area contributed by atoms with Crippen LogP contribution in [-0.4, -0.2) is 22.5 Å². The van der Waals surface area contributed by atoms with Crippen molar-refractivity contribution >= 4 is 40.4 Å². The summed E-state index contributed by atoms with van der Waals surface area (Å²) in [6.07, 6.45) is 5.02. The maximum atomic E-state index is 13.4. The molecule has 0 unspecified atom stereocenters. The number of aryl methyl sites for hydroxylation is 3. The van der Waals surface area contributed by atoms with Crippen LogP contribution in [0.2, 0.25) is 5.02 Å². The van der Waals surface area contributed by atoms with Crippen LogP contribution in [0.25, 0.3) is 22.0 Å². The van der Waals surface area contributed by atoms with Gasteiger partial charge in [-0.15, -0.1) is 0 Å². The van der Waals surface area contributed by atoms with Gasteiger partial charge in [0, 0.05) is 38.8 Å². The maximum Gasteiger partial charge on any atom is 0.278 e. The molecule has 3 aromatic carbocycles. The fourth-order valence-electron chi connectivity index (χ4n) is 4.56. The van der Waals surface area contributed by atoms with Crippen molar-refractivity contribution in [1.29, 1.82) is 0 Å². The Morgan fingerprint density at radius 3 is 2.55 bits per heavy atom. The van der Waals surface area contributed by atoms with Gasteiger partial charge in [-0.25, -0.2) is 0 Å². The third-order valence-electron chi connectivity index (χ3n) is 6.40. The van der Waals surface area contributed by atoms with Gasteiger partial charge in [0.1, 0.15) is 11.4 Å². The zero-order chi connectivity index (χ0) is 26.5. The number of carbonyl (C=O) groups is 1. The molecule has 5 nitrogen and oxygen atoms in total. The molecule has 2 heterocycles. The lowest BCUT2D eigenvalue weighted by atomic mass is 10.0. The molecule has 0 aliphatic carbocycles. The summed E-state index contributed by atoms with van der Waals surface area (Å²) in [5.41, 5.74) is 6.47. The zero-order valence-corrected chi connectivity index (χ0v) is 22.8. The lowest BCUT2D eigenvalue weighted by Crippen LogP contribution is -2.18. The highest BCUT2D eigenvalue weighted by atomic mass is 35.5. The Kier molecular flexibility index (Phi) is 8.01. The average Bonchev–Trinajstić information content (AvgIpc) is 3.32. The molecule has 0 radical (unpaired) electrons. The molecule has 0 aliphatic rings. The highest BCUT2D eigenvalue weighted by Gasteiger charge is 2.20. The van der Waals surface area contributed by atoms with E-state index in [1.807, 2.05) is 86.8 Å². The van der Waals surface area contributed by atoms with E-state index in [0.717, 1.165) is 60.8 Å². The van der Waals surface area contributed by atoms with Crippen molar-refractivity contribution in [3.05, 3.63) is 113 Å². The van der Waals surface area contributed by atoms with E-state index in [1.54, 1.807) is 6.20 Å². The number of ether oxygens (including phenoxy) is 1. The number of para-hydroxylation sites is 1. The summed E-state index contributed by atoms with van der Waals surface area (Å²) in [5, 5.41) is 1.80. The minimum Gasteiger partial charge on any atom is -0.494 e. The molecule has 38 heavy (non-hydrogen) atoms. The molecule has 5 rings (SSSR count). The van der Waals surface area contributed by atoms with E-state index in [9.17, 15) is 4.79 Å². The summed E-state index contributed by atoms with van der Waals surface area (Å²) in [4.78, 5) is 22.1.